The van der Waals surface area contributed by atoms with Crippen LogP contribution in [-0.2, 0) is 22.7 Å². The highest BCUT2D eigenvalue weighted by Gasteiger charge is 2.49. The monoisotopic (exact) mass is 630 g/mol. The first-order valence-corrected chi connectivity index (χ1v) is 15.5. The zero-order chi connectivity index (χ0) is 30.7. The Morgan fingerprint density at radius 3 is 2.57 bits per heavy atom. The van der Waals surface area contributed by atoms with E-state index in [1.165, 1.54) is 18.4 Å². The zero-order valence-electron chi connectivity index (χ0n) is 24.3. The van der Waals surface area contributed by atoms with E-state index in [0.29, 0.717) is 45.6 Å². The van der Waals surface area contributed by atoms with Gasteiger partial charge in [-0.15, -0.1) is 16.4 Å². The molecule has 1 N–H and O–H groups in total. The third kappa shape index (κ3) is 5.85. The topological polar surface area (TPSA) is 111 Å². The number of methoxy groups -OCH3 is 2. The van der Waals surface area contributed by atoms with Crippen LogP contribution in [0.4, 0.5) is 5.69 Å². The molecule has 1 saturated carbocycles. The lowest BCUT2D eigenvalue weighted by atomic mass is 9.93. The highest BCUT2D eigenvalue weighted by atomic mass is 35.5. The number of halogens is 1. The number of ether oxygens (including phenoxy) is 2. The molecule has 2 aromatic heterocycles. The maximum Gasteiger partial charge on any atom is 0.250 e. The Hall–Kier alpha value is -4.48. The van der Waals surface area contributed by atoms with E-state index >= 15 is 0 Å². The molecule has 2 amide bonds. The van der Waals surface area contributed by atoms with Crippen molar-refractivity contribution in [3.8, 4) is 22.8 Å². The molecule has 1 aliphatic rings. The molecule has 3 aromatic carbocycles. The molecule has 0 aliphatic heterocycles. The summed E-state index contributed by atoms with van der Waals surface area (Å²) in [6.45, 7) is 0.0910. The van der Waals surface area contributed by atoms with Crippen LogP contribution in [-0.4, -0.2) is 56.5 Å². The summed E-state index contributed by atoms with van der Waals surface area (Å²) in [7, 11) is 3.11. The summed E-state index contributed by atoms with van der Waals surface area (Å²) in [5.41, 5.74) is 2.53. The van der Waals surface area contributed by atoms with E-state index in [0.717, 1.165) is 29.6 Å². The largest absolute Gasteiger partial charge is 0.497 e. The number of rotatable bonds is 10. The van der Waals surface area contributed by atoms with Crippen molar-refractivity contribution < 1.29 is 19.1 Å². The number of amides is 2. The first-order chi connectivity index (χ1) is 21.4. The van der Waals surface area contributed by atoms with E-state index in [4.69, 9.17) is 26.1 Å². The van der Waals surface area contributed by atoms with E-state index in [9.17, 15) is 9.59 Å². The van der Waals surface area contributed by atoms with Crippen LogP contribution in [0.25, 0.3) is 22.3 Å². The Kier molecular flexibility index (Phi) is 8.49. The third-order valence-corrected chi connectivity index (χ3v) is 9.10. The van der Waals surface area contributed by atoms with Gasteiger partial charge in [-0.05, 0) is 49.2 Å². The Labute approximate surface area is 263 Å². The van der Waals surface area contributed by atoms with Crippen LogP contribution in [0.2, 0.25) is 5.02 Å². The molecule has 6 rings (SSSR count). The normalized spacial score (nSPS) is 14.0. The highest BCUT2D eigenvalue weighted by Crippen LogP contribution is 2.40. The number of anilines is 1. The number of hydrogen-bond acceptors (Lipinski definition) is 8. The smallest absolute Gasteiger partial charge is 0.250 e. The fourth-order valence-corrected chi connectivity index (χ4v) is 6.63. The van der Waals surface area contributed by atoms with Crippen LogP contribution < -0.4 is 14.8 Å². The molecule has 1 fully saturated rings. The molecule has 0 spiro atoms. The van der Waals surface area contributed by atoms with Gasteiger partial charge in [0.05, 0.1) is 37.7 Å². The summed E-state index contributed by atoms with van der Waals surface area (Å²) in [6, 6.07) is 20.2. The lowest BCUT2D eigenvalue weighted by Gasteiger charge is -2.39. The van der Waals surface area contributed by atoms with Gasteiger partial charge in [-0.2, -0.15) is 0 Å². The molecule has 0 radical (unpaired) electrons. The van der Waals surface area contributed by atoms with Gasteiger partial charge in [0.1, 0.15) is 34.1 Å². The van der Waals surface area contributed by atoms with Crippen molar-refractivity contribution in [2.75, 3.05) is 19.5 Å². The Morgan fingerprint density at radius 2 is 1.82 bits per heavy atom. The predicted octanol–water partition coefficient (Wildman–Crippen LogP) is 6.21. The molecule has 0 saturated heterocycles. The maximum atomic E-state index is 14.3. The second-order valence-corrected chi connectivity index (χ2v) is 12.0. The molecular weight excluding hydrogens is 600 g/mol. The quantitative estimate of drug-likeness (QED) is 0.195. The number of thiazole rings is 1. The minimum atomic E-state index is -1.11. The minimum absolute atomic E-state index is 0.0726. The fraction of sp³-hybridized carbons (Fsp3) is 0.281. The number of nitrogens with zero attached hydrogens (tertiary/aromatic N) is 5. The van der Waals surface area contributed by atoms with Gasteiger partial charge >= 0.3 is 0 Å². The summed E-state index contributed by atoms with van der Waals surface area (Å²) in [4.78, 5) is 35.2. The fourth-order valence-electron chi connectivity index (χ4n) is 5.72. The van der Waals surface area contributed by atoms with Gasteiger partial charge in [0.2, 0.25) is 11.8 Å². The molecule has 10 nitrogen and oxygen atoms in total. The average Bonchev–Trinajstić information content (AvgIpc) is 3.82. The number of benzene rings is 3. The van der Waals surface area contributed by atoms with Gasteiger partial charge in [-0.1, -0.05) is 53.9 Å². The lowest BCUT2D eigenvalue weighted by molar-refractivity contribution is -0.147. The summed E-state index contributed by atoms with van der Waals surface area (Å²) in [6.07, 6.45) is 2.63. The van der Waals surface area contributed by atoms with Crippen molar-refractivity contribution >= 4 is 51.5 Å². The van der Waals surface area contributed by atoms with Crippen molar-refractivity contribution in [1.82, 2.24) is 24.9 Å². The number of carbonyl (C=O) groups is 2. The summed E-state index contributed by atoms with van der Waals surface area (Å²) >= 11 is 7.54. The molecule has 0 bridgehead atoms. The van der Waals surface area contributed by atoms with E-state index in [1.54, 1.807) is 34.9 Å². The van der Waals surface area contributed by atoms with E-state index in [1.807, 2.05) is 53.9 Å². The summed E-state index contributed by atoms with van der Waals surface area (Å²) in [5, 5.41) is 14.8. The van der Waals surface area contributed by atoms with Crippen LogP contribution in [0.1, 0.15) is 30.7 Å². The Bertz CT molecular complexity index is 1800. The number of para-hydroxylation sites is 1. The summed E-state index contributed by atoms with van der Waals surface area (Å²) in [5.74, 6) is 0.547. The van der Waals surface area contributed by atoms with Gasteiger partial charge in [-0.25, -0.2) is 9.67 Å². The number of fused-ring (bicyclic) bond motifs is 1. The van der Waals surface area contributed by atoms with Gasteiger partial charge < -0.3 is 19.7 Å². The lowest BCUT2D eigenvalue weighted by Crippen LogP contribution is -2.57. The molecule has 226 valence electrons. The molecule has 0 unspecified atom stereocenters. The van der Waals surface area contributed by atoms with Gasteiger partial charge in [0.15, 0.2) is 0 Å². The van der Waals surface area contributed by atoms with Crippen molar-refractivity contribution in [3.05, 3.63) is 82.1 Å². The number of nitrogens with one attached hydrogen (secondary N) is 1. The van der Waals surface area contributed by atoms with Crippen molar-refractivity contribution in [1.29, 1.82) is 0 Å². The number of aromatic nitrogens is 4. The first-order valence-electron chi connectivity index (χ1n) is 14.2. The van der Waals surface area contributed by atoms with E-state index < -0.39 is 5.54 Å². The van der Waals surface area contributed by atoms with Crippen LogP contribution >= 0.6 is 22.9 Å². The van der Waals surface area contributed by atoms with Crippen LogP contribution in [0.3, 0.4) is 0 Å². The van der Waals surface area contributed by atoms with Crippen molar-refractivity contribution in [3.63, 3.8) is 0 Å². The van der Waals surface area contributed by atoms with Crippen molar-refractivity contribution in [2.24, 2.45) is 0 Å². The molecule has 2 heterocycles. The molecule has 5 aromatic rings. The highest BCUT2D eigenvalue weighted by molar-refractivity contribution is 7.09. The number of carbonyl (C=O) groups excluding carboxylic acids is 2. The van der Waals surface area contributed by atoms with Crippen LogP contribution in [0.5, 0.6) is 11.5 Å². The standard InChI is InChI=1S/C32H31ClN6O4S/c1-42-23-13-14-25(28(17-23)43-2)35-31(41)32(15-5-6-16-32)38(30(40)19-39-27-8-4-3-7-24(27)36-37-39)18-29-34-26(20-44-29)21-9-11-22(33)12-10-21/h3-4,7-14,17,20H,5-6,15-16,18-19H2,1-2H3,(H,35,41). The second-order valence-electron chi connectivity index (χ2n) is 10.6. The predicted molar refractivity (Wildman–Crippen MR) is 170 cm³/mol. The van der Waals surface area contributed by atoms with Crippen LogP contribution in [0.15, 0.2) is 72.1 Å². The maximum absolute atomic E-state index is 14.3. The summed E-state index contributed by atoms with van der Waals surface area (Å²) < 4.78 is 12.4. The second kappa shape index (κ2) is 12.6. The Morgan fingerprint density at radius 1 is 1.05 bits per heavy atom. The third-order valence-electron chi connectivity index (χ3n) is 8.02. The Balaban J connectivity index is 1.35. The molecular formula is C32H31ClN6O4S. The van der Waals surface area contributed by atoms with Crippen LogP contribution in [0, 0.1) is 0 Å². The molecule has 0 atom stereocenters. The molecule has 1 aliphatic carbocycles. The average molecular weight is 631 g/mol. The van der Waals surface area contributed by atoms with E-state index in [2.05, 4.69) is 15.6 Å². The van der Waals surface area contributed by atoms with Gasteiger partial charge in [-0.3, -0.25) is 9.59 Å². The van der Waals surface area contributed by atoms with Crippen molar-refractivity contribution in [2.45, 2.75) is 44.3 Å². The van der Waals surface area contributed by atoms with Gasteiger partial charge in [0, 0.05) is 22.0 Å². The SMILES string of the molecule is COc1ccc(NC(=O)C2(N(Cc3nc(-c4ccc(Cl)cc4)cs3)C(=O)Cn3nnc4ccccc43)CCCC2)c(OC)c1. The van der Waals surface area contributed by atoms with Gasteiger partial charge in [0.25, 0.3) is 0 Å². The zero-order valence-corrected chi connectivity index (χ0v) is 25.9. The first kappa shape index (κ1) is 29.6. The number of hydrogen-bond donors (Lipinski definition) is 1. The molecule has 44 heavy (non-hydrogen) atoms. The minimum Gasteiger partial charge on any atom is -0.497 e. The molecule has 12 heteroatoms. The van der Waals surface area contributed by atoms with E-state index in [-0.39, 0.29) is 24.9 Å².